The minimum absolute atomic E-state index is 0.0475. The van der Waals surface area contributed by atoms with Gasteiger partial charge in [-0.3, -0.25) is 0 Å². The van der Waals surface area contributed by atoms with Crippen molar-refractivity contribution < 1.29 is 10.2 Å². The summed E-state index contributed by atoms with van der Waals surface area (Å²) >= 11 is 5.98. The van der Waals surface area contributed by atoms with Crippen molar-refractivity contribution in [2.75, 3.05) is 13.2 Å². The van der Waals surface area contributed by atoms with Gasteiger partial charge in [0.1, 0.15) is 0 Å². The van der Waals surface area contributed by atoms with E-state index in [9.17, 15) is 10.2 Å². The standard InChI is InChI=1S/C13H21ClO2Si/c1-17(2,3)10-13(8-15,9-16)11-5-4-6-12(14)7-11/h4-7,15-16H,8-10H2,1-3H3. The summed E-state index contributed by atoms with van der Waals surface area (Å²) in [6.45, 7) is 6.61. The van der Waals surface area contributed by atoms with Crippen LogP contribution in [-0.2, 0) is 5.41 Å². The van der Waals surface area contributed by atoms with Crippen molar-refractivity contribution in [3.63, 3.8) is 0 Å². The molecule has 0 saturated carbocycles. The molecule has 2 N–H and O–H groups in total. The van der Waals surface area contributed by atoms with Crippen molar-refractivity contribution in [1.82, 2.24) is 0 Å². The Bertz CT molecular complexity index is 370. The highest BCUT2D eigenvalue weighted by Gasteiger charge is 2.36. The Labute approximate surface area is 109 Å². The largest absolute Gasteiger partial charge is 0.395 e. The molecule has 1 rings (SSSR count). The Morgan fingerprint density at radius 2 is 1.76 bits per heavy atom. The van der Waals surface area contributed by atoms with Crippen LogP contribution in [0.5, 0.6) is 0 Å². The molecule has 0 spiro atoms. The maximum atomic E-state index is 9.70. The van der Waals surface area contributed by atoms with Crippen LogP contribution in [0.25, 0.3) is 0 Å². The first-order valence-corrected chi connectivity index (χ1v) is 9.89. The molecule has 0 radical (unpaired) electrons. The first-order chi connectivity index (χ1) is 7.83. The summed E-state index contributed by atoms with van der Waals surface area (Å²) in [5.74, 6) is 0. The summed E-state index contributed by atoms with van der Waals surface area (Å²) in [4.78, 5) is 0. The number of hydrogen-bond acceptors (Lipinski definition) is 2. The molecule has 0 unspecified atom stereocenters. The lowest BCUT2D eigenvalue weighted by atomic mass is 9.84. The van der Waals surface area contributed by atoms with Crippen LogP contribution in [-0.4, -0.2) is 31.5 Å². The van der Waals surface area contributed by atoms with E-state index >= 15 is 0 Å². The Balaban J connectivity index is 3.15. The second-order valence-electron chi connectivity index (χ2n) is 5.84. The smallest absolute Gasteiger partial charge is 0.0547 e. The summed E-state index contributed by atoms with van der Waals surface area (Å²) in [5.41, 5.74) is 0.368. The van der Waals surface area contributed by atoms with Crippen LogP contribution in [0.1, 0.15) is 5.56 Å². The molecule has 17 heavy (non-hydrogen) atoms. The van der Waals surface area contributed by atoms with Gasteiger partial charge in [-0.1, -0.05) is 43.4 Å². The van der Waals surface area contributed by atoms with Gasteiger partial charge in [0.25, 0.3) is 0 Å². The van der Waals surface area contributed by atoms with Gasteiger partial charge in [0.15, 0.2) is 0 Å². The minimum Gasteiger partial charge on any atom is -0.395 e. The van der Waals surface area contributed by atoms with E-state index in [2.05, 4.69) is 19.6 Å². The third kappa shape index (κ3) is 3.81. The third-order valence-corrected chi connectivity index (χ3v) is 4.88. The average molecular weight is 273 g/mol. The van der Waals surface area contributed by atoms with Crippen LogP contribution < -0.4 is 0 Å². The predicted molar refractivity (Wildman–Crippen MR) is 75.5 cm³/mol. The molecule has 0 fully saturated rings. The number of halogens is 1. The zero-order valence-corrected chi connectivity index (χ0v) is 12.5. The van der Waals surface area contributed by atoms with Crippen molar-refractivity contribution >= 4 is 19.7 Å². The van der Waals surface area contributed by atoms with Crippen LogP contribution in [0.4, 0.5) is 0 Å². The van der Waals surface area contributed by atoms with E-state index in [-0.39, 0.29) is 13.2 Å². The Morgan fingerprint density at radius 1 is 1.18 bits per heavy atom. The molecule has 0 aliphatic rings. The molecule has 1 aromatic rings. The van der Waals surface area contributed by atoms with E-state index in [1.807, 2.05) is 18.2 Å². The lowest BCUT2D eigenvalue weighted by Gasteiger charge is -2.35. The molecule has 0 aromatic heterocycles. The van der Waals surface area contributed by atoms with Gasteiger partial charge < -0.3 is 10.2 Å². The normalized spacial score (nSPS) is 12.8. The fourth-order valence-corrected chi connectivity index (χ4v) is 4.93. The van der Waals surface area contributed by atoms with Crippen molar-refractivity contribution in [1.29, 1.82) is 0 Å². The third-order valence-electron chi connectivity index (χ3n) is 2.91. The van der Waals surface area contributed by atoms with Crippen molar-refractivity contribution in [2.45, 2.75) is 31.1 Å². The molecule has 0 aliphatic carbocycles. The zero-order valence-electron chi connectivity index (χ0n) is 10.7. The number of rotatable bonds is 5. The fraction of sp³-hybridized carbons (Fsp3) is 0.538. The fourth-order valence-electron chi connectivity index (χ4n) is 2.28. The summed E-state index contributed by atoms with van der Waals surface area (Å²) < 4.78 is 0. The Hall–Kier alpha value is -0.353. The number of hydrogen-bond donors (Lipinski definition) is 2. The second kappa shape index (κ2) is 5.53. The van der Waals surface area contributed by atoms with Gasteiger partial charge in [-0.05, 0) is 23.7 Å². The molecule has 0 saturated heterocycles. The van der Waals surface area contributed by atoms with Crippen molar-refractivity contribution in [3.8, 4) is 0 Å². The van der Waals surface area contributed by atoms with Gasteiger partial charge in [-0.15, -0.1) is 0 Å². The van der Waals surface area contributed by atoms with Crippen LogP contribution >= 0.6 is 11.6 Å². The SMILES string of the molecule is C[Si](C)(C)CC(CO)(CO)c1cccc(Cl)c1. The maximum Gasteiger partial charge on any atom is 0.0547 e. The summed E-state index contributed by atoms with van der Waals surface area (Å²) in [5, 5.41) is 20.0. The topological polar surface area (TPSA) is 40.5 Å². The molecule has 2 nitrogen and oxygen atoms in total. The van der Waals surface area contributed by atoms with Crippen LogP contribution in [0.15, 0.2) is 24.3 Å². The van der Waals surface area contributed by atoms with Gasteiger partial charge in [-0.25, -0.2) is 0 Å². The van der Waals surface area contributed by atoms with Gasteiger partial charge in [0.05, 0.1) is 13.2 Å². The quantitative estimate of drug-likeness (QED) is 0.809. The molecule has 0 atom stereocenters. The van der Waals surface area contributed by atoms with Crippen LogP contribution in [0.3, 0.4) is 0 Å². The number of aliphatic hydroxyl groups excluding tert-OH is 2. The van der Waals surface area contributed by atoms with Crippen molar-refractivity contribution in [2.24, 2.45) is 0 Å². The van der Waals surface area contributed by atoms with Gasteiger partial charge >= 0.3 is 0 Å². The second-order valence-corrected chi connectivity index (χ2v) is 11.8. The molecule has 0 bridgehead atoms. The molecule has 0 amide bonds. The Kier molecular flexibility index (Phi) is 4.78. The summed E-state index contributed by atoms with van der Waals surface area (Å²) in [7, 11) is -1.40. The maximum absolute atomic E-state index is 9.70. The number of aliphatic hydroxyl groups is 2. The van der Waals surface area contributed by atoms with E-state index in [1.165, 1.54) is 0 Å². The van der Waals surface area contributed by atoms with Gasteiger partial charge in [0.2, 0.25) is 0 Å². The average Bonchev–Trinajstić information content (AvgIpc) is 2.25. The van der Waals surface area contributed by atoms with E-state index in [1.54, 1.807) is 6.07 Å². The van der Waals surface area contributed by atoms with Gasteiger partial charge in [0, 0.05) is 18.5 Å². The van der Waals surface area contributed by atoms with Gasteiger partial charge in [-0.2, -0.15) is 0 Å². The van der Waals surface area contributed by atoms with Crippen LogP contribution in [0, 0.1) is 0 Å². The zero-order chi connectivity index (χ0) is 13.1. The highest BCUT2D eigenvalue weighted by molar-refractivity contribution is 6.76. The predicted octanol–water partition coefficient (Wildman–Crippen LogP) is 2.90. The lowest BCUT2D eigenvalue weighted by molar-refractivity contribution is 0.128. The lowest BCUT2D eigenvalue weighted by Crippen LogP contribution is -2.41. The van der Waals surface area contributed by atoms with E-state index in [4.69, 9.17) is 11.6 Å². The number of benzene rings is 1. The van der Waals surface area contributed by atoms with E-state index < -0.39 is 13.5 Å². The molecular formula is C13H21ClO2Si. The summed E-state index contributed by atoms with van der Waals surface area (Å²) in [6.07, 6.45) is 0. The van der Waals surface area contributed by atoms with E-state index in [0.29, 0.717) is 5.02 Å². The highest BCUT2D eigenvalue weighted by atomic mass is 35.5. The molecule has 96 valence electrons. The highest BCUT2D eigenvalue weighted by Crippen LogP contribution is 2.34. The van der Waals surface area contributed by atoms with Crippen molar-refractivity contribution in [3.05, 3.63) is 34.9 Å². The van der Waals surface area contributed by atoms with E-state index in [0.717, 1.165) is 11.6 Å². The monoisotopic (exact) mass is 272 g/mol. The first kappa shape index (κ1) is 14.7. The Morgan fingerprint density at radius 3 is 2.18 bits per heavy atom. The summed E-state index contributed by atoms with van der Waals surface area (Å²) in [6, 6.07) is 8.28. The molecular weight excluding hydrogens is 252 g/mol. The molecule has 4 heteroatoms. The molecule has 0 heterocycles. The molecule has 1 aromatic carbocycles. The first-order valence-electron chi connectivity index (χ1n) is 5.81. The van der Waals surface area contributed by atoms with Crippen LogP contribution in [0.2, 0.25) is 30.7 Å². The minimum atomic E-state index is -1.40. The molecule has 0 aliphatic heterocycles.